The van der Waals surface area contributed by atoms with Crippen LogP contribution in [0.2, 0.25) is 5.02 Å². The highest BCUT2D eigenvalue weighted by molar-refractivity contribution is 6.31. The summed E-state index contributed by atoms with van der Waals surface area (Å²) in [6, 6.07) is 4.47. The molecule has 0 aromatic heterocycles. The topological polar surface area (TPSA) is 99.8 Å². The largest absolute Gasteiger partial charge is 0.495 e. The van der Waals surface area contributed by atoms with E-state index in [1.165, 1.54) is 12.0 Å². The highest BCUT2D eigenvalue weighted by Crippen LogP contribution is 2.29. The van der Waals surface area contributed by atoms with Crippen LogP contribution in [0.3, 0.4) is 0 Å². The summed E-state index contributed by atoms with van der Waals surface area (Å²) in [5, 5.41) is 8.42. The van der Waals surface area contributed by atoms with Gasteiger partial charge in [-0.05, 0) is 43.5 Å². The summed E-state index contributed by atoms with van der Waals surface area (Å²) in [6.07, 6.45) is 3.15. The van der Waals surface area contributed by atoms with Crippen LogP contribution in [0.4, 0.5) is 10.5 Å². The molecule has 0 heterocycles. The van der Waals surface area contributed by atoms with E-state index in [0.717, 1.165) is 19.3 Å². The number of urea groups is 1. The Bertz CT molecular complexity index is 773. The lowest BCUT2D eigenvalue weighted by Crippen LogP contribution is -2.51. The van der Waals surface area contributed by atoms with Gasteiger partial charge in [0.1, 0.15) is 5.75 Å². The molecule has 1 fully saturated rings. The van der Waals surface area contributed by atoms with Gasteiger partial charge in [-0.15, -0.1) is 0 Å². The monoisotopic (exact) mass is 438 g/mol. The molecule has 3 atom stereocenters. The van der Waals surface area contributed by atoms with Crippen molar-refractivity contribution < 1.29 is 19.1 Å². The number of carbonyl (C=O) groups excluding carboxylic acids is 3. The fourth-order valence-electron chi connectivity index (χ4n) is 3.67. The molecule has 0 spiro atoms. The van der Waals surface area contributed by atoms with Gasteiger partial charge in [-0.1, -0.05) is 38.3 Å². The second kappa shape index (κ2) is 11.2. The Hall–Kier alpha value is -2.32. The van der Waals surface area contributed by atoms with Crippen molar-refractivity contribution >= 4 is 35.1 Å². The Morgan fingerprint density at radius 3 is 2.57 bits per heavy atom. The van der Waals surface area contributed by atoms with Gasteiger partial charge in [0.05, 0.1) is 25.9 Å². The maximum atomic E-state index is 12.3. The second-order valence-electron chi connectivity index (χ2n) is 7.96. The van der Waals surface area contributed by atoms with Crippen LogP contribution in [0.15, 0.2) is 18.2 Å². The van der Waals surface area contributed by atoms with Crippen molar-refractivity contribution in [2.24, 2.45) is 11.8 Å². The van der Waals surface area contributed by atoms with Crippen LogP contribution in [0.1, 0.15) is 33.1 Å². The fraction of sp³-hybridized carbons (Fsp3) is 0.571. The van der Waals surface area contributed by atoms with E-state index >= 15 is 0 Å². The van der Waals surface area contributed by atoms with E-state index in [2.05, 4.69) is 29.8 Å². The lowest BCUT2D eigenvalue weighted by atomic mass is 9.78. The number of hydrogen-bond acceptors (Lipinski definition) is 5. The molecule has 2 rings (SSSR count). The SMILES string of the molecule is COc1ccc(Cl)cc1NC(=O)CN(C)CC(=O)NC(=O)N[C@@H]1CCC[C@@H](C)[C@@H]1C. The lowest BCUT2D eigenvalue weighted by molar-refractivity contribution is -0.122. The van der Waals surface area contributed by atoms with Crippen molar-refractivity contribution in [1.82, 2.24) is 15.5 Å². The Labute approximate surface area is 182 Å². The van der Waals surface area contributed by atoms with Crippen LogP contribution >= 0.6 is 11.6 Å². The van der Waals surface area contributed by atoms with Crippen molar-refractivity contribution in [3.8, 4) is 5.75 Å². The number of ether oxygens (including phenoxy) is 1. The van der Waals surface area contributed by atoms with Gasteiger partial charge < -0.3 is 15.4 Å². The number of anilines is 1. The van der Waals surface area contributed by atoms with Gasteiger partial charge in [0, 0.05) is 11.1 Å². The molecule has 1 aliphatic rings. The van der Waals surface area contributed by atoms with Gasteiger partial charge in [-0.25, -0.2) is 4.79 Å². The van der Waals surface area contributed by atoms with Crippen LogP contribution in [-0.4, -0.2) is 56.0 Å². The third-order valence-corrected chi connectivity index (χ3v) is 5.77. The Morgan fingerprint density at radius 2 is 1.87 bits per heavy atom. The molecule has 4 amide bonds. The molecule has 0 radical (unpaired) electrons. The van der Waals surface area contributed by atoms with Crippen LogP contribution in [0.5, 0.6) is 5.75 Å². The number of hydrogen-bond donors (Lipinski definition) is 3. The van der Waals surface area contributed by atoms with E-state index < -0.39 is 11.9 Å². The number of nitrogens with zero attached hydrogens (tertiary/aromatic N) is 1. The summed E-state index contributed by atoms with van der Waals surface area (Å²) < 4.78 is 5.20. The zero-order valence-electron chi connectivity index (χ0n) is 18.0. The predicted octanol–water partition coefficient (Wildman–Crippen LogP) is 2.87. The Balaban J connectivity index is 1.78. The third-order valence-electron chi connectivity index (χ3n) is 5.54. The second-order valence-corrected chi connectivity index (χ2v) is 8.40. The standard InChI is InChI=1S/C21H31ClN4O4/c1-13-6-5-7-16(14(13)2)24-21(29)25-20(28)12-26(3)11-19(27)23-17-10-15(22)8-9-18(17)30-4/h8-10,13-14,16H,5-7,11-12H2,1-4H3,(H,23,27)(H2,24,25,28,29)/t13-,14+,16-/m1/s1. The zero-order valence-corrected chi connectivity index (χ0v) is 18.7. The minimum Gasteiger partial charge on any atom is -0.495 e. The molecule has 0 bridgehead atoms. The van der Waals surface area contributed by atoms with E-state index in [1.54, 1.807) is 25.2 Å². The normalized spacial score (nSPS) is 21.1. The molecular formula is C21H31ClN4O4. The number of likely N-dealkylation sites (N-methyl/N-ethyl adjacent to an activating group) is 1. The molecule has 0 unspecified atom stereocenters. The summed E-state index contributed by atoms with van der Waals surface area (Å²) >= 11 is 5.96. The average molecular weight is 439 g/mol. The van der Waals surface area contributed by atoms with Gasteiger partial charge in [0.25, 0.3) is 0 Å². The van der Waals surface area contributed by atoms with Crippen LogP contribution < -0.4 is 20.7 Å². The lowest BCUT2D eigenvalue weighted by Gasteiger charge is -2.34. The minimum atomic E-state index is -0.493. The summed E-state index contributed by atoms with van der Waals surface area (Å²) in [4.78, 5) is 38.1. The summed E-state index contributed by atoms with van der Waals surface area (Å²) in [7, 11) is 3.12. The van der Waals surface area contributed by atoms with E-state index in [4.69, 9.17) is 16.3 Å². The minimum absolute atomic E-state index is 0.0398. The highest BCUT2D eigenvalue weighted by atomic mass is 35.5. The smallest absolute Gasteiger partial charge is 0.321 e. The first-order chi connectivity index (χ1) is 14.2. The molecule has 1 saturated carbocycles. The number of rotatable bonds is 7. The Morgan fingerprint density at radius 1 is 1.17 bits per heavy atom. The summed E-state index contributed by atoms with van der Waals surface area (Å²) in [5.41, 5.74) is 0.447. The first-order valence-electron chi connectivity index (χ1n) is 10.1. The van der Waals surface area contributed by atoms with Gasteiger partial charge in [-0.3, -0.25) is 19.8 Å². The zero-order chi connectivity index (χ0) is 22.3. The maximum absolute atomic E-state index is 12.3. The summed E-state index contributed by atoms with van der Waals surface area (Å²) in [5.74, 6) is 0.591. The maximum Gasteiger partial charge on any atom is 0.321 e. The summed E-state index contributed by atoms with van der Waals surface area (Å²) in [6.45, 7) is 4.17. The van der Waals surface area contributed by atoms with E-state index in [-0.39, 0.29) is 25.0 Å². The van der Waals surface area contributed by atoms with E-state index in [1.807, 2.05) is 0 Å². The molecule has 8 nitrogen and oxygen atoms in total. The van der Waals surface area contributed by atoms with Gasteiger partial charge in [0.15, 0.2) is 0 Å². The molecule has 3 N–H and O–H groups in total. The number of benzene rings is 1. The number of carbonyl (C=O) groups is 3. The van der Waals surface area contributed by atoms with Crippen molar-refractivity contribution in [3.05, 3.63) is 23.2 Å². The first kappa shape index (κ1) is 24.0. The fourth-order valence-corrected chi connectivity index (χ4v) is 3.84. The molecule has 1 aromatic rings. The highest BCUT2D eigenvalue weighted by Gasteiger charge is 2.28. The molecule has 30 heavy (non-hydrogen) atoms. The van der Waals surface area contributed by atoms with Crippen molar-refractivity contribution in [2.45, 2.75) is 39.2 Å². The van der Waals surface area contributed by atoms with Gasteiger partial charge >= 0.3 is 6.03 Å². The molecule has 0 aliphatic heterocycles. The molecule has 1 aromatic carbocycles. The molecular weight excluding hydrogens is 408 g/mol. The van der Waals surface area contributed by atoms with Gasteiger partial charge in [-0.2, -0.15) is 0 Å². The van der Waals surface area contributed by atoms with Crippen molar-refractivity contribution in [3.63, 3.8) is 0 Å². The number of nitrogens with one attached hydrogen (secondary N) is 3. The van der Waals surface area contributed by atoms with Crippen LogP contribution in [0, 0.1) is 11.8 Å². The number of imide groups is 1. The van der Waals surface area contributed by atoms with Gasteiger partial charge in [0.2, 0.25) is 11.8 Å². The number of amides is 4. The van der Waals surface area contributed by atoms with Crippen LogP contribution in [0.25, 0.3) is 0 Å². The molecule has 9 heteroatoms. The first-order valence-corrected chi connectivity index (χ1v) is 10.5. The average Bonchev–Trinajstić information content (AvgIpc) is 2.65. The third kappa shape index (κ3) is 7.18. The van der Waals surface area contributed by atoms with Crippen molar-refractivity contribution in [2.75, 3.05) is 32.6 Å². The number of halogens is 1. The molecule has 1 aliphatic carbocycles. The Kier molecular flexibility index (Phi) is 8.92. The van der Waals surface area contributed by atoms with Crippen LogP contribution in [-0.2, 0) is 9.59 Å². The molecule has 166 valence electrons. The van der Waals surface area contributed by atoms with E-state index in [9.17, 15) is 14.4 Å². The predicted molar refractivity (Wildman–Crippen MR) is 117 cm³/mol. The van der Waals surface area contributed by atoms with E-state index in [0.29, 0.717) is 28.3 Å². The van der Waals surface area contributed by atoms with Crippen molar-refractivity contribution in [1.29, 1.82) is 0 Å². The quantitative estimate of drug-likeness (QED) is 0.607. The number of methoxy groups -OCH3 is 1. The molecule has 0 saturated heterocycles.